The molecule has 1 aromatic heterocycles. The van der Waals surface area contributed by atoms with Gasteiger partial charge in [0.15, 0.2) is 0 Å². The van der Waals surface area contributed by atoms with Gasteiger partial charge in [-0.15, -0.1) is 0 Å². The zero-order valence-electron chi connectivity index (χ0n) is 10.8. The maximum atomic E-state index is 11.9. The molecule has 0 spiro atoms. The van der Waals surface area contributed by atoms with Crippen molar-refractivity contribution in [3.63, 3.8) is 0 Å². The van der Waals surface area contributed by atoms with Crippen LogP contribution in [-0.4, -0.2) is 22.2 Å². The second kappa shape index (κ2) is 6.52. The van der Waals surface area contributed by atoms with E-state index in [0.717, 1.165) is 23.0 Å². The van der Waals surface area contributed by atoms with E-state index in [4.69, 9.17) is 0 Å². The molecule has 5 heteroatoms. The molecule has 19 heavy (non-hydrogen) atoms. The fourth-order valence-electron chi connectivity index (χ4n) is 1.79. The van der Waals surface area contributed by atoms with Gasteiger partial charge in [0.2, 0.25) is 0 Å². The van der Waals surface area contributed by atoms with E-state index in [0.29, 0.717) is 12.1 Å². The molecular formula is C14H16BrN3O. The lowest BCUT2D eigenvalue weighted by atomic mass is 10.1. The van der Waals surface area contributed by atoms with Crippen LogP contribution in [0.5, 0.6) is 0 Å². The number of carbonyl (C=O) groups is 1. The first kappa shape index (κ1) is 13.8. The highest BCUT2D eigenvalue weighted by molar-refractivity contribution is 9.10. The zero-order valence-corrected chi connectivity index (χ0v) is 12.4. The van der Waals surface area contributed by atoms with Crippen molar-refractivity contribution in [1.82, 2.24) is 15.1 Å². The van der Waals surface area contributed by atoms with Gasteiger partial charge < -0.3 is 5.32 Å². The Morgan fingerprint density at radius 2 is 2.32 bits per heavy atom. The Balaban J connectivity index is 1.75. The SMILES string of the molecule is Cc1cccc(C(=O)NCCCn2cc(Br)cn2)c1. The number of halogens is 1. The van der Waals surface area contributed by atoms with Crippen LogP contribution in [0, 0.1) is 6.92 Å². The molecule has 1 amide bonds. The van der Waals surface area contributed by atoms with Gasteiger partial charge in [-0.05, 0) is 41.4 Å². The first-order valence-electron chi connectivity index (χ1n) is 6.18. The Bertz CT molecular complexity index is 565. The quantitative estimate of drug-likeness (QED) is 0.861. The lowest BCUT2D eigenvalue weighted by molar-refractivity contribution is 0.0952. The van der Waals surface area contributed by atoms with Gasteiger partial charge >= 0.3 is 0 Å². The van der Waals surface area contributed by atoms with Gasteiger partial charge in [-0.2, -0.15) is 5.10 Å². The van der Waals surface area contributed by atoms with Gasteiger partial charge in [-0.25, -0.2) is 0 Å². The van der Waals surface area contributed by atoms with Crippen LogP contribution in [0.15, 0.2) is 41.1 Å². The monoisotopic (exact) mass is 321 g/mol. The summed E-state index contributed by atoms with van der Waals surface area (Å²) in [6.07, 6.45) is 4.53. The van der Waals surface area contributed by atoms with Crippen LogP contribution in [0.25, 0.3) is 0 Å². The molecule has 0 atom stereocenters. The summed E-state index contributed by atoms with van der Waals surface area (Å²) in [6.45, 7) is 3.41. The number of nitrogens with zero attached hydrogens (tertiary/aromatic N) is 2. The molecular weight excluding hydrogens is 306 g/mol. The first-order chi connectivity index (χ1) is 9.15. The number of benzene rings is 1. The van der Waals surface area contributed by atoms with Crippen molar-refractivity contribution in [1.29, 1.82) is 0 Å². The molecule has 2 aromatic rings. The second-order valence-corrected chi connectivity index (χ2v) is 5.32. The molecule has 0 unspecified atom stereocenters. The average Bonchev–Trinajstić information content (AvgIpc) is 2.80. The van der Waals surface area contributed by atoms with Crippen LogP contribution >= 0.6 is 15.9 Å². The van der Waals surface area contributed by atoms with E-state index in [1.54, 1.807) is 6.20 Å². The Labute approximate surface area is 120 Å². The molecule has 1 N–H and O–H groups in total. The number of rotatable bonds is 5. The molecule has 0 saturated carbocycles. The summed E-state index contributed by atoms with van der Waals surface area (Å²) in [7, 11) is 0. The Kier molecular flexibility index (Phi) is 4.74. The van der Waals surface area contributed by atoms with Crippen molar-refractivity contribution in [3.8, 4) is 0 Å². The molecule has 0 radical (unpaired) electrons. The van der Waals surface area contributed by atoms with Crippen LogP contribution in [0.3, 0.4) is 0 Å². The van der Waals surface area contributed by atoms with Crippen LogP contribution in [0.1, 0.15) is 22.3 Å². The molecule has 0 aliphatic rings. The van der Waals surface area contributed by atoms with Gasteiger partial charge in [0, 0.05) is 24.8 Å². The third-order valence-electron chi connectivity index (χ3n) is 2.73. The van der Waals surface area contributed by atoms with E-state index in [9.17, 15) is 4.79 Å². The summed E-state index contributed by atoms with van der Waals surface area (Å²) in [5, 5.41) is 7.07. The topological polar surface area (TPSA) is 46.9 Å². The summed E-state index contributed by atoms with van der Waals surface area (Å²) in [5.74, 6) is -0.0228. The average molecular weight is 322 g/mol. The van der Waals surface area contributed by atoms with Crippen LogP contribution in [0.4, 0.5) is 0 Å². The fourth-order valence-corrected chi connectivity index (χ4v) is 2.12. The molecule has 1 heterocycles. The molecule has 0 fully saturated rings. The predicted molar refractivity (Wildman–Crippen MR) is 78.1 cm³/mol. The van der Waals surface area contributed by atoms with Crippen molar-refractivity contribution in [2.75, 3.05) is 6.54 Å². The normalized spacial score (nSPS) is 10.4. The lowest BCUT2D eigenvalue weighted by Crippen LogP contribution is -2.25. The number of nitrogens with one attached hydrogen (secondary N) is 1. The number of aromatic nitrogens is 2. The van der Waals surface area contributed by atoms with Gasteiger partial charge in [0.05, 0.1) is 10.7 Å². The highest BCUT2D eigenvalue weighted by Crippen LogP contribution is 2.06. The standard InChI is InChI=1S/C14H16BrN3O/c1-11-4-2-5-12(8-11)14(19)16-6-3-7-18-10-13(15)9-17-18/h2,4-5,8-10H,3,6-7H2,1H3,(H,16,19). The van der Waals surface area contributed by atoms with Crippen LogP contribution in [-0.2, 0) is 6.54 Å². The summed E-state index contributed by atoms with van der Waals surface area (Å²) in [4.78, 5) is 11.9. The van der Waals surface area contributed by atoms with E-state index < -0.39 is 0 Å². The highest BCUT2D eigenvalue weighted by atomic mass is 79.9. The Hall–Kier alpha value is -1.62. The Morgan fingerprint density at radius 1 is 1.47 bits per heavy atom. The van der Waals surface area contributed by atoms with Gasteiger partial charge in [-0.3, -0.25) is 9.48 Å². The third kappa shape index (κ3) is 4.21. The molecule has 4 nitrogen and oxygen atoms in total. The van der Waals surface area contributed by atoms with E-state index in [1.165, 1.54) is 0 Å². The van der Waals surface area contributed by atoms with Crippen molar-refractivity contribution in [2.45, 2.75) is 19.9 Å². The largest absolute Gasteiger partial charge is 0.352 e. The number of carbonyl (C=O) groups excluding carboxylic acids is 1. The van der Waals surface area contributed by atoms with Crippen molar-refractivity contribution < 1.29 is 4.79 Å². The molecule has 0 bridgehead atoms. The Morgan fingerprint density at radius 3 is 3.00 bits per heavy atom. The van der Waals surface area contributed by atoms with Crippen LogP contribution in [0.2, 0.25) is 0 Å². The maximum absolute atomic E-state index is 11.9. The van der Waals surface area contributed by atoms with E-state index in [1.807, 2.05) is 42.1 Å². The van der Waals surface area contributed by atoms with Crippen molar-refractivity contribution in [2.24, 2.45) is 0 Å². The zero-order chi connectivity index (χ0) is 13.7. The van der Waals surface area contributed by atoms with E-state index >= 15 is 0 Å². The van der Waals surface area contributed by atoms with Gasteiger partial charge in [-0.1, -0.05) is 17.7 Å². The molecule has 0 aliphatic carbocycles. The summed E-state index contributed by atoms with van der Waals surface area (Å²) >= 11 is 3.35. The summed E-state index contributed by atoms with van der Waals surface area (Å²) < 4.78 is 2.82. The predicted octanol–water partition coefficient (Wildman–Crippen LogP) is 2.77. The molecule has 0 aliphatic heterocycles. The summed E-state index contributed by atoms with van der Waals surface area (Å²) in [6, 6.07) is 7.59. The van der Waals surface area contributed by atoms with E-state index in [-0.39, 0.29) is 5.91 Å². The molecule has 100 valence electrons. The van der Waals surface area contributed by atoms with Crippen molar-refractivity contribution >= 4 is 21.8 Å². The number of amides is 1. The second-order valence-electron chi connectivity index (χ2n) is 4.40. The van der Waals surface area contributed by atoms with Crippen LogP contribution < -0.4 is 5.32 Å². The number of hydrogen-bond donors (Lipinski definition) is 1. The molecule has 0 saturated heterocycles. The fraction of sp³-hybridized carbons (Fsp3) is 0.286. The molecule has 2 rings (SSSR count). The van der Waals surface area contributed by atoms with E-state index in [2.05, 4.69) is 26.3 Å². The minimum absolute atomic E-state index is 0.0228. The maximum Gasteiger partial charge on any atom is 0.251 e. The number of aryl methyl sites for hydroxylation is 2. The third-order valence-corrected chi connectivity index (χ3v) is 3.14. The minimum Gasteiger partial charge on any atom is -0.352 e. The highest BCUT2D eigenvalue weighted by Gasteiger charge is 2.04. The summed E-state index contributed by atoms with van der Waals surface area (Å²) in [5.41, 5.74) is 1.80. The lowest BCUT2D eigenvalue weighted by Gasteiger charge is -2.06. The smallest absolute Gasteiger partial charge is 0.251 e. The van der Waals surface area contributed by atoms with Crippen molar-refractivity contribution in [3.05, 3.63) is 52.3 Å². The van der Waals surface area contributed by atoms with Gasteiger partial charge in [0.25, 0.3) is 5.91 Å². The minimum atomic E-state index is -0.0228. The number of hydrogen-bond acceptors (Lipinski definition) is 2. The van der Waals surface area contributed by atoms with Gasteiger partial charge in [0.1, 0.15) is 0 Å². The molecule has 1 aromatic carbocycles. The first-order valence-corrected chi connectivity index (χ1v) is 6.97.